The van der Waals surface area contributed by atoms with E-state index in [4.69, 9.17) is 4.74 Å². The van der Waals surface area contributed by atoms with Gasteiger partial charge in [0.25, 0.3) is 0 Å². The maximum atomic E-state index is 13.8. The van der Waals surface area contributed by atoms with Crippen LogP contribution >= 0.6 is 15.9 Å². The van der Waals surface area contributed by atoms with Gasteiger partial charge in [0, 0.05) is 17.6 Å². The molecule has 7 atom stereocenters. The number of nitrogens with zero attached hydrogens (tertiary/aromatic N) is 1. The number of benzene rings is 2. The van der Waals surface area contributed by atoms with Gasteiger partial charge >= 0.3 is 0 Å². The van der Waals surface area contributed by atoms with Gasteiger partial charge in [-0.15, -0.1) is 0 Å². The Bertz CT molecular complexity index is 1150. The van der Waals surface area contributed by atoms with Crippen molar-refractivity contribution in [3.8, 4) is 0 Å². The molecule has 3 unspecified atom stereocenters. The van der Waals surface area contributed by atoms with Gasteiger partial charge in [-0.25, -0.2) is 0 Å². The van der Waals surface area contributed by atoms with Crippen molar-refractivity contribution in [2.45, 2.75) is 48.4 Å². The number of aliphatic hydroxyl groups excluding tert-OH is 1. The number of ether oxygens (including phenoxy) is 1. The summed E-state index contributed by atoms with van der Waals surface area (Å²) in [7, 11) is 1.54. The maximum Gasteiger partial charge on any atom is 0.250 e. The van der Waals surface area contributed by atoms with E-state index in [1.165, 1.54) is 11.9 Å². The molecule has 1 spiro atoms. The van der Waals surface area contributed by atoms with E-state index in [0.717, 1.165) is 10.8 Å². The van der Waals surface area contributed by atoms with Crippen LogP contribution in [0.4, 0.5) is 5.69 Å². The van der Waals surface area contributed by atoms with Gasteiger partial charge in [-0.05, 0) is 35.7 Å². The molecule has 3 fully saturated rings. The fourth-order valence-corrected chi connectivity index (χ4v) is 7.06. The summed E-state index contributed by atoms with van der Waals surface area (Å²) in [6, 6.07) is 12.0. The van der Waals surface area contributed by atoms with Crippen molar-refractivity contribution in [2.75, 3.05) is 19.0 Å². The first kappa shape index (κ1) is 23.3. The van der Waals surface area contributed by atoms with Crippen LogP contribution in [-0.4, -0.2) is 70.0 Å². The van der Waals surface area contributed by atoms with E-state index in [1.54, 1.807) is 0 Å². The van der Waals surface area contributed by atoms with Crippen molar-refractivity contribution < 1.29 is 24.2 Å². The number of carbonyl (C=O) groups excluding carboxylic acids is 3. The zero-order valence-corrected chi connectivity index (χ0v) is 20.6. The third kappa shape index (κ3) is 3.28. The van der Waals surface area contributed by atoms with Crippen LogP contribution < -0.4 is 10.6 Å². The van der Waals surface area contributed by atoms with Crippen molar-refractivity contribution in [1.29, 1.82) is 0 Å². The minimum atomic E-state index is -1.14. The lowest BCUT2D eigenvalue weighted by molar-refractivity contribution is -0.144. The first-order valence-corrected chi connectivity index (χ1v) is 12.5. The van der Waals surface area contributed by atoms with Crippen LogP contribution in [0.15, 0.2) is 42.5 Å². The molecule has 34 heavy (non-hydrogen) atoms. The number of hydrogen-bond acceptors (Lipinski definition) is 5. The highest BCUT2D eigenvalue weighted by atomic mass is 79.9. The van der Waals surface area contributed by atoms with E-state index < -0.39 is 35.6 Å². The maximum absolute atomic E-state index is 13.8. The quantitative estimate of drug-likeness (QED) is 0.496. The number of alkyl halides is 1. The Labute approximate surface area is 206 Å². The van der Waals surface area contributed by atoms with Gasteiger partial charge in [-0.1, -0.05) is 53.2 Å². The second-order valence-corrected chi connectivity index (χ2v) is 10.5. The summed E-state index contributed by atoms with van der Waals surface area (Å²) in [5.74, 6) is -2.44. The molecule has 2 aromatic rings. The summed E-state index contributed by atoms with van der Waals surface area (Å²) < 4.78 is 6.40. The molecule has 8 nitrogen and oxygen atoms in total. The number of nitrogens with one attached hydrogen (secondary N) is 2. The number of anilines is 1. The first-order chi connectivity index (χ1) is 16.4. The lowest BCUT2D eigenvalue weighted by Gasteiger charge is -2.36. The van der Waals surface area contributed by atoms with Crippen molar-refractivity contribution in [2.24, 2.45) is 11.8 Å². The van der Waals surface area contributed by atoms with Crippen LogP contribution in [0, 0.1) is 11.8 Å². The molecule has 3 aliphatic heterocycles. The van der Waals surface area contributed by atoms with Crippen LogP contribution in [0.25, 0.3) is 10.8 Å². The molecule has 2 aromatic carbocycles. The summed E-state index contributed by atoms with van der Waals surface area (Å²) >= 11 is 3.63. The van der Waals surface area contributed by atoms with Gasteiger partial charge < -0.3 is 25.4 Å². The largest absolute Gasteiger partial charge is 0.394 e. The zero-order chi connectivity index (χ0) is 24.2. The van der Waals surface area contributed by atoms with Gasteiger partial charge in [0.15, 0.2) is 0 Å². The summed E-state index contributed by atoms with van der Waals surface area (Å²) in [5, 5.41) is 17.7. The van der Waals surface area contributed by atoms with Crippen LogP contribution in [-0.2, 0) is 19.1 Å². The average Bonchev–Trinajstić information content (AvgIpc) is 3.43. The minimum absolute atomic E-state index is 0.163. The van der Waals surface area contributed by atoms with Crippen LogP contribution in [0.5, 0.6) is 0 Å². The minimum Gasteiger partial charge on any atom is -0.394 e. The molecule has 0 saturated carbocycles. The summed E-state index contributed by atoms with van der Waals surface area (Å²) in [6.07, 6.45) is 0.396. The normalized spacial score (nSPS) is 32.6. The standard InChI is InChI=1S/C25H28BrN3O5/c1-3-16(12-30)29-21(23(32)28-15-9-8-13-6-4-5-7-14(13)10-15)25-11-17(26)20(34-25)18(22(31)27-2)19(25)24(29)33/h4-10,16-21,30H,3,11-12H2,1-2H3,(H,27,31)(H,28,32)/t16-,17?,18+,19-,20+,21?,25?/m0/s1. The lowest BCUT2D eigenvalue weighted by atomic mass is 9.70. The molecule has 0 aromatic heterocycles. The van der Waals surface area contributed by atoms with E-state index >= 15 is 0 Å². The van der Waals surface area contributed by atoms with Crippen LogP contribution in [0.3, 0.4) is 0 Å². The highest BCUT2D eigenvalue weighted by molar-refractivity contribution is 9.09. The number of rotatable bonds is 6. The van der Waals surface area contributed by atoms with Gasteiger partial charge in [0.2, 0.25) is 17.7 Å². The van der Waals surface area contributed by atoms with Crippen molar-refractivity contribution in [3.05, 3.63) is 42.5 Å². The Morgan fingerprint density at radius 2 is 1.97 bits per heavy atom. The van der Waals surface area contributed by atoms with Crippen molar-refractivity contribution >= 4 is 50.1 Å². The molecule has 3 saturated heterocycles. The fraction of sp³-hybridized carbons (Fsp3) is 0.480. The second kappa shape index (κ2) is 8.62. The van der Waals surface area contributed by atoms with Crippen molar-refractivity contribution in [1.82, 2.24) is 10.2 Å². The Balaban J connectivity index is 1.55. The molecule has 3 N–H and O–H groups in total. The molecular formula is C25H28BrN3O5. The molecule has 2 bridgehead atoms. The Morgan fingerprint density at radius 3 is 2.65 bits per heavy atom. The molecule has 180 valence electrons. The summed E-state index contributed by atoms with van der Waals surface area (Å²) in [5.41, 5.74) is -0.532. The summed E-state index contributed by atoms with van der Waals surface area (Å²) in [6.45, 7) is 1.58. The van der Waals surface area contributed by atoms with Gasteiger partial charge in [-0.3, -0.25) is 14.4 Å². The highest BCUT2D eigenvalue weighted by Crippen LogP contribution is 2.60. The number of halogens is 1. The molecular weight excluding hydrogens is 502 g/mol. The smallest absolute Gasteiger partial charge is 0.250 e. The van der Waals surface area contributed by atoms with E-state index in [9.17, 15) is 19.5 Å². The second-order valence-electron chi connectivity index (χ2n) is 9.32. The predicted octanol–water partition coefficient (Wildman–Crippen LogP) is 2.04. The molecule has 0 radical (unpaired) electrons. The van der Waals surface area contributed by atoms with E-state index in [0.29, 0.717) is 18.5 Å². The summed E-state index contributed by atoms with van der Waals surface area (Å²) in [4.78, 5) is 41.7. The Kier molecular flexibility index (Phi) is 5.90. The lowest BCUT2D eigenvalue weighted by Crippen LogP contribution is -2.56. The van der Waals surface area contributed by atoms with Crippen molar-refractivity contribution in [3.63, 3.8) is 0 Å². The number of likely N-dealkylation sites (tertiary alicyclic amines) is 1. The van der Waals surface area contributed by atoms with E-state index in [1.807, 2.05) is 49.4 Å². The molecule has 3 amide bonds. The zero-order valence-electron chi connectivity index (χ0n) is 19.0. The topological polar surface area (TPSA) is 108 Å². The molecule has 3 heterocycles. The predicted molar refractivity (Wildman–Crippen MR) is 130 cm³/mol. The number of carbonyl (C=O) groups is 3. The highest BCUT2D eigenvalue weighted by Gasteiger charge is 2.76. The number of amides is 3. The molecule has 5 rings (SSSR count). The number of fused-ring (bicyclic) bond motifs is 2. The van der Waals surface area contributed by atoms with Crippen LogP contribution in [0.2, 0.25) is 0 Å². The third-order valence-electron chi connectivity index (χ3n) is 7.62. The van der Waals surface area contributed by atoms with Gasteiger partial charge in [0.1, 0.15) is 11.6 Å². The number of hydrogen-bond donors (Lipinski definition) is 3. The van der Waals surface area contributed by atoms with Gasteiger partial charge in [-0.2, -0.15) is 0 Å². The van der Waals surface area contributed by atoms with Crippen LogP contribution in [0.1, 0.15) is 19.8 Å². The SMILES string of the molecule is CC[C@@H](CO)N1C(=O)[C@@H]2[C@@H](C(=O)NC)[C@@H]3OC2(CC3Br)C1C(=O)Nc1ccc2ccccc2c1. The number of aliphatic hydroxyl groups is 1. The first-order valence-electron chi connectivity index (χ1n) is 11.6. The fourth-order valence-electron chi connectivity index (χ4n) is 6.12. The van der Waals surface area contributed by atoms with E-state index in [2.05, 4.69) is 26.6 Å². The third-order valence-corrected chi connectivity index (χ3v) is 8.46. The average molecular weight is 530 g/mol. The molecule has 3 aliphatic rings. The molecule has 0 aliphatic carbocycles. The Hall–Kier alpha value is -2.49. The van der Waals surface area contributed by atoms with Gasteiger partial charge in [0.05, 0.1) is 30.6 Å². The van der Waals surface area contributed by atoms with E-state index in [-0.39, 0.29) is 29.2 Å². The molecule has 9 heteroatoms. The Morgan fingerprint density at radius 1 is 1.24 bits per heavy atom. The monoisotopic (exact) mass is 529 g/mol.